The number of aryl methyl sites for hydroxylation is 1. The Labute approximate surface area is 116 Å². The largest absolute Gasteiger partial charge is 0.496 e. The van der Waals surface area contributed by atoms with Gasteiger partial charge in [-0.15, -0.1) is 0 Å². The van der Waals surface area contributed by atoms with E-state index in [-0.39, 0.29) is 0 Å². The van der Waals surface area contributed by atoms with Crippen LogP contribution in [0, 0.1) is 0 Å². The van der Waals surface area contributed by atoms with Crippen LogP contribution in [0.4, 0.5) is 13.2 Å². The molecule has 0 fully saturated rings. The molecular formula is C12H10BrF3N2O. The number of methoxy groups -OCH3 is 1. The van der Waals surface area contributed by atoms with Crippen molar-refractivity contribution in [2.75, 3.05) is 7.11 Å². The molecule has 0 amide bonds. The van der Waals surface area contributed by atoms with Crippen LogP contribution in [0.3, 0.4) is 0 Å². The van der Waals surface area contributed by atoms with Gasteiger partial charge in [-0.3, -0.25) is 4.68 Å². The Hall–Kier alpha value is -1.50. The molecular weight excluding hydrogens is 325 g/mol. The third-order valence-corrected chi connectivity index (χ3v) is 3.10. The third-order valence-electron chi connectivity index (χ3n) is 2.61. The monoisotopic (exact) mass is 334 g/mol. The molecule has 0 bridgehead atoms. The number of hydrogen-bond donors (Lipinski definition) is 0. The lowest BCUT2D eigenvalue weighted by Gasteiger charge is -2.08. The average molecular weight is 335 g/mol. The van der Waals surface area contributed by atoms with E-state index in [4.69, 9.17) is 4.74 Å². The summed E-state index contributed by atoms with van der Waals surface area (Å²) in [4.78, 5) is 0. The Morgan fingerprint density at radius 3 is 2.47 bits per heavy atom. The molecule has 1 aromatic carbocycles. The molecule has 0 saturated carbocycles. The van der Waals surface area contributed by atoms with Crippen LogP contribution in [-0.4, -0.2) is 16.9 Å². The zero-order valence-corrected chi connectivity index (χ0v) is 11.7. The molecule has 1 aromatic heterocycles. The molecule has 7 heteroatoms. The molecule has 19 heavy (non-hydrogen) atoms. The molecule has 0 N–H and O–H groups in total. The molecule has 0 aliphatic heterocycles. The van der Waals surface area contributed by atoms with Crippen LogP contribution < -0.4 is 4.74 Å². The van der Waals surface area contributed by atoms with Crippen LogP contribution in [0.1, 0.15) is 5.69 Å². The van der Waals surface area contributed by atoms with Crippen molar-refractivity contribution in [1.82, 2.24) is 9.78 Å². The van der Waals surface area contributed by atoms with Crippen molar-refractivity contribution >= 4 is 15.9 Å². The fourth-order valence-electron chi connectivity index (χ4n) is 1.74. The number of aromatic nitrogens is 2. The van der Waals surface area contributed by atoms with Gasteiger partial charge < -0.3 is 4.74 Å². The molecule has 0 atom stereocenters. The van der Waals surface area contributed by atoms with Gasteiger partial charge in [-0.1, -0.05) is 15.9 Å². The number of alkyl halides is 3. The first-order chi connectivity index (χ1) is 8.82. The van der Waals surface area contributed by atoms with Crippen molar-refractivity contribution in [1.29, 1.82) is 0 Å². The van der Waals surface area contributed by atoms with E-state index < -0.39 is 11.9 Å². The van der Waals surface area contributed by atoms with Crippen molar-refractivity contribution in [2.24, 2.45) is 7.05 Å². The standard InChI is InChI=1S/C12H10BrF3N2O/c1-18-9(6-11(17-18)12(14,15)16)8-5-7(13)3-4-10(8)19-2/h3-6H,1-2H3. The minimum atomic E-state index is -4.46. The molecule has 102 valence electrons. The van der Waals surface area contributed by atoms with Crippen LogP contribution in [0.2, 0.25) is 0 Å². The fourth-order valence-corrected chi connectivity index (χ4v) is 2.10. The first-order valence-corrected chi connectivity index (χ1v) is 6.07. The van der Waals surface area contributed by atoms with E-state index in [0.29, 0.717) is 17.0 Å². The van der Waals surface area contributed by atoms with E-state index in [0.717, 1.165) is 10.5 Å². The van der Waals surface area contributed by atoms with E-state index in [1.54, 1.807) is 18.2 Å². The Balaban J connectivity index is 2.59. The van der Waals surface area contributed by atoms with Crippen LogP contribution in [0.15, 0.2) is 28.7 Å². The summed E-state index contributed by atoms with van der Waals surface area (Å²) in [7, 11) is 2.93. The summed E-state index contributed by atoms with van der Waals surface area (Å²) in [5.41, 5.74) is -0.0418. The molecule has 3 nitrogen and oxygen atoms in total. The maximum Gasteiger partial charge on any atom is 0.435 e. The molecule has 0 unspecified atom stereocenters. The lowest BCUT2D eigenvalue weighted by molar-refractivity contribution is -0.141. The maximum absolute atomic E-state index is 12.6. The van der Waals surface area contributed by atoms with Crippen LogP contribution in [0.5, 0.6) is 5.75 Å². The summed E-state index contributed by atoms with van der Waals surface area (Å²) in [5, 5.41) is 3.48. The smallest absolute Gasteiger partial charge is 0.435 e. The lowest BCUT2D eigenvalue weighted by atomic mass is 10.1. The number of benzene rings is 1. The molecule has 0 aliphatic carbocycles. The molecule has 2 rings (SSSR count). The molecule has 1 heterocycles. The second-order valence-electron chi connectivity index (χ2n) is 3.88. The lowest BCUT2D eigenvalue weighted by Crippen LogP contribution is -2.06. The summed E-state index contributed by atoms with van der Waals surface area (Å²) in [5.74, 6) is 0.486. The SMILES string of the molecule is COc1ccc(Br)cc1-c1cc(C(F)(F)F)nn1C. The molecule has 2 aromatic rings. The zero-order valence-electron chi connectivity index (χ0n) is 10.1. The van der Waals surface area contributed by atoms with Crippen molar-refractivity contribution in [3.63, 3.8) is 0 Å². The van der Waals surface area contributed by atoms with E-state index >= 15 is 0 Å². The van der Waals surface area contributed by atoms with Gasteiger partial charge in [0.05, 0.1) is 12.8 Å². The fraction of sp³-hybridized carbons (Fsp3) is 0.250. The van der Waals surface area contributed by atoms with Crippen molar-refractivity contribution in [3.05, 3.63) is 34.4 Å². The second kappa shape index (κ2) is 4.88. The highest BCUT2D eigenvalue weighted by Gasteiger charge is 2.35. The minimum Gasteiger partial charge on any atom is -0.496 e. The van der Waals surface area contributed by atoms with Crippen LogP contribution in [0.25, 0.3) is 11.3 Å². The summed E-state index contributed by atoms with van der Waals surface area (Å²) in [6.45, 7) is 0. The molecule has 0 radical (unpaired) electrons. The van der Waals surface area contributed by atoms with E-state index in [2.05, 4.69) is 21.0 Å². The van der Waals surface area contributed by atoms with Gasteiger partial charge in [-0.05, 0) is 24.3 Å². The first-order valence-electron chi connectivity index (χ1n) is 5.28. The number of ether oxygens (including phenoxy) is 1. The van der Waals surface area contributed by atoms with Gasteiger partial charge in [0.2, 0.25) is 0 Å². The average Bonchev–Trinajstić information content (AvgIpc) is 2.71. The van der Waals surface area contributed by atoms with Gasteiger partial charge >= 0.3 is 6.18 Å². The van der Waals surface area contributed by atoms with Gasteiger partial charge in [0.1, 0.15) is 5.75 Å². The zero-order chi connectivity index (χ0) is 14.2. The van der Waals surface area contributed by atoms with E-state index in [1.165, 1.54) is 18.8 Å². The predicted molar refractivity (Wildman–Crippen MR) is 67.9 cm³/mol. The number of hydrogen-bond acceptors (Lipinski definition) is 2. The predicted octanol–water partition coefficient (Wildman–Crippen LogP) is 3.88. The quantitative estimate of drug-likeness (QED) is 0.833. The topological polar surface area (TPSA) is 27.1 Å². The molecule has 0 aliphatic rings. The summed E-state index contributed by atoms with van der Waals surface area (Å²) in [6.07, 6.45) is -4.46. The third kappa shape index (κ3) is 2.75. The van der Waals surface area contributed by atoms with Gasteiger partial charge in [-0.25, -0.2) is 0 Å². The van der Waals surface area contributed by atoms with Crippen molar-refractivity contribution in [3.8, 4) is 17.0 Å². The van der Waals surface area contributed by atoms with Gasteiger partial charge in [0.25, 0.3) is 0 Å². The second-order valence-corrected chi connectivity index (χ2v) is 4.80. The van der Waals surface area contributed by atoms with Crippen LogP contribution in [-0.2, 0) is 13.2 Å². The van der Waals surface area contributed by atoms with Crippen LogP contribution >= 0.6 is 15.9 Å². The van der Waals surface area contributed by atoms with Gasteiger partial charge in [0.15, 0.2) is 5.69 Å². The van der Waals surface area contributed by atoms with Crippen molar-refractivity contribution < 1.29 is 17.9 Å². The Kier molecular flexibility index (Phi) is 3.58. The molecule has 0 spiro atoms. The van der Waals surface area contributed by atoms with Gasteiger partial charge in [0, 0.05) is 17.1 Å². The first kappa shape index (κ1) is 13.9. The summed E-state index contributed by atoms with van der Waals surface area (Å²) >= 11 is 3.29. The van der Waals surface area contributed by atoms with E-state index in [9.17, 15) is 13.2 Å². The highest BCUT2D eigenvalue weighted by molar-refractivity contribution is 9.10. The number of rotatable bonds is 2. The molecule has 0 saturated heterocycles. The maximum atomic E-state index is 12.6. The number of nitrogens with zero attached hydrogens (tertiary/aromatic N) is 2. The highest BCUT2D eigenvalue weighted by atomic mass is 79.9. The normalized spacial score (nSPS) is 11.7. The Morgan fingerprint density at radius 2 is 1.95 bits per heavy atom. The Morgan fingerprint density at radius 1 is 1.26 bits per heavy atom. The van der Waals surface area contributed by atoms with Crippen molar-refractivity contribution in [2.45, 2.75) is 6.18 Å². The van der Waals surface area contributed by atoms with Gasteiger partial charge in [-0.2, -0.15) is 18.3 Å². The minimum absolute atomic E-state index is 0.338. The highest BCUT2D eigenvalue weighted by Crippen LogP contribution is 2.36. The summed E-state index contributed by atoms with van der Waals surface area (Å²) in [6, 6.07) is 6.13. The Bertz CT molecular complexity index is 608. The van der Waals surface area contributed by atoms with E-state index in [1.807, 2.05) is 0 Å². The summed E-state index contributed by atoms with van der Waals surface area (Å²) < 4.78 is 45.0. The number of halogens is 4.